The molecule has 78 valence electrons. The molecule has 0 atom stereocenters. The number of anilines is 1. The van der Waals surface area contributed by atoms with Crippen LogP contribution in [0.3, 0.4) is 0 Å². The van der Waals surface area contributed by atoms with Gasteiger partial charge in [-0.3, -0.25) is 5.10 Å². The van der Waals surface area contributed by atoms with Crippen molar-refractivity contribution < 1.29 is 9.13 Å². The molecule has 0 unspecified atom stereocenters. The van der Waals surface area contributed by atoms with Gasteiger partial charge in [0.25, 0.3) is 0 Å². The molecule has 0 fully saturated rings. The average Bonchev–Trinajstić information content (AvgIpc) is 2.65. The van der Waals surface area contributed by atoms with Crippen molar-refractivity contribution in [2.45, 2.75) is 0 Å². The number of aromatic nitrogens is 2. The number of ether oxygens (including phenoxy) is 1. The molecule has 1 aromatic heterocycles. The van der Waals surface area contributed by atoms with E-state index in [0.717, 1.165) is 0 Å². The Balaban J connectivity index is 2.59. The molecule has 0 aliphatic rings. The van der Waals surface area contributed by atoms with E-state index >= 15 is 0 Å². The van der Waals surface area contributed by atoms with Crippen molar-refractivity contribution in [3.05, 3.63) is 30.2 Å². The van der Waals surface area contributed by atoms with Crippen LogP contribution in [0.15, 0.2) is 24.4 Å². The van der Waals surface area contributed by atoms with E-state index in [1.807, 2.05) is 0 Å². The van der Waals surface area contributed by atoms with E-state index in [0.29, 0.717) is 16.9 Å². The number of rotatable bonds is 2. The maximum atomic E-state index is 13.8. The minimum atomic E-state index is -0.437. The average molecular weight is 207 g/mol. The second-order valence-corrected chi connectivity index (χ2v) is 3.02. The monoisotopic (exact) mass is 207 g/mol. The lowest BCUT2D eigenvalue weighted by atomic mass is 10.1. The SMILES string of the molecule is COc1cccc(-c2cn[nH]c2N)c1F. The van der Waals surface area contributed by atoms with Gasteiger partial charge in [0.1, 0.15) is 5.82 Å². The molecule has 2 rings (SSSR count). The number of aromatic amines is 1. The molecule has 2 aromatic rings. The zero-order valence-corrected chi connectivity index (χ0v) is 8.12. The van der Waals surface area contributed by atoms with Crippen molar-refractivity contribution in [2.24, 2.45) is 0 Å². The van der Waals surface area contributed by atoms with Crippen molar-refractivity contribution in [1.82, 2.24) is 10.2 Å². The highest BCUT2D eigenvalue weighted by atomic mass is 19.1. The lowest BCUT2D eigenvalue weighted by Crippen LogP contribution is -1.93. The fourth-order valence-electron chi connectivity index (χ4n) is 1.39. The Morgan fingerprint density at radius 1 is 1.40 bits per heavy atom. The topological polar surface area (TPSA) is 63.9 Å². The first-order valence-electron chi connectivity index (χ1n) is 4.35. The number of halogens is 1. The summed E-state index contributed by atoms with van der Waals surface area (Å²) in [5, 5.41) is 6.29. The Kier molecular flexibility index (Phi) is 2.29. The number of H-pyrrole nitrogens is 1. The normalized spacial score (nSPS) is 10.3. The largest absolute Gasteiger partial charge is 0.494 e. The minimum Gasteiger partial charge on any atom is -0.494 e. The van der Waals surface area contributed by atoms with Gasteiger partial charge in [-0.05, 0) is 6.07 Å². The van der Waals surface area contributed by atoms with Crippen LogP contribution in [-0.2, 0) is 0 Å². The van der Waals surface area contributed by atoms with Gasteiger partial charge < -0.3 is 10.5 Å². The van der Waals surface area contributed by atoms with Crippen LogP contribution in [-0.4, -0.2) is 17.3 Å². The fourth-order valence-corrected chi connectivity index (χ4v) is 1.39. The van der Waals surface area contributed by atoms with Gasteiger partial charge in [-0.25, -0.2) is 4.39 Å². The number of nitrogens with zero attached hydrogens (tertiary/aromatic N) is 1. The first-order chi connectivity index (χ1) is 7.24. The maximum Gasteiger partial charge on any atom is 0.173 e. The van der Waals surface area contributed by atoms with Crippen molar-refractivity contribution >= 4 is 5.82 Å². The molecule has 0 spiro atoms. The zero-order chi connectivity index (χ0) is 10.8. The Labute approximate surface area is 85.9 Å². The van der Waals surface area contributed by atoms with Crippen LogP contribution in [0, 0.1) is 5.82 Å². The summed E-state index contributed by atoms with van der Waals surface area (Å²) in [6.45, 7) is 0. The van der Waals surface area contributed by atoms with Crippen molar-refractivity contribution in [1.29, 1.82) is 0 Å². The zero-order valence-electron chi connectivity index (χ0n) is 8.12. The van der Waals surface area contributed by atoms with Crippen LogP contribution in [0.25, 0.3) is 11.1 Å². The number of hydrogen-bond acceptors (Lipinski definition) is 3. The smallest absolute Gasteiger partial charge is 0.173 e. The molecule has 1 heterocycles. The second-order valence-electron chi connectivity index (χ2n) is 3.02. The van der Waals surface area contributed by atoms with Gasteiger partial charge in [-0.1, -0.05) is 12.1 Å². The van der Waals surface area contributed by atoms with E-state index in [9.17, 15) is 4.39 Å². The lowest BCUT2D eigenvalue weighted by Gasteiger charge is -2.05. The maximum absolute atomic E-state index is 13.8. The third-order valence-electron chi connectivity index (χ3n) is 2.14. The summed E-state index contributed by atoms with van der Waals surface area (Å²) < 4.78 is 18.7. The molecule has 0 aliphatic carbocycles. The summed E-state index contributed by atoms with van der Waals surface area (Å²) >= 11 is 0. The molecule has 3 N–H and O–H groups in total. The van der Waals surface area contributed by atoms with Crippen LogP contribution in [0.2, 0.25) is 0 Å². The number of nitrogens with one attached hydrogen (secondary N) is 1. The van der Waals surface area contributed by atoms with E-state index < -0.39 is 5.82 Å². The lowest BCUT2D eigenvalue weighted by molar-refractivity contribution is 0.387. The van der Waals surface area contributed by atoms with Gasteiger partial charge in [-0.2, -0.15) is 5.10 Å². The highest BCUT2D eigenvalue weighted by Crippen LogP contribution is 2.30. The predicted octanol–water partition coefficient (Wildman–Crippen LogP) is 1.81. The Morgan fingerprint density at radius 2 is 2.20 bits per heavy atom. The van der Waals surface area contributed by atoms with E-state index in [2.05, 4.69) is 10.2 Å². The van der Waals surface area contributed by atoms with Crippen molar-refractivity contribution in [3.63, 3.8) is 0 Å². The van der Waals surface area contributed by atoms with E-state index in [1.54, 1.807) is 18.2 Å². The number of nitrogen functional groups attached to an aromatic ring is 1. The molecule has 15 heavy (non-hydrogen) atoms. The first kappa shape index (κ1) is 9.51. The van der Waals surface area contributed by atoms with Crippen molar-refractivity contribution in [2.75, 3.05) is 12.8 Å². The first-order valence-corrected chi connectivity index (χ1v) is 4.35. The number of hydrogen-bond donors (Lipinski definition) is 2. The number of benzene rings is 1. The van der Waals surface area contributed by atoms with Crippen molar-refractivity contribution in [3.8, 4) is 16.9 Å². The molecule has 0 radical (unpaired) electrons. The van der Waals surface area contributed by atoms with E-state index in [4.69, 9.17) is 10.5 Å². The van der Waals surface area contributed by atoms with Crippen LogP contribution < -0.4 is 10.5 Å². The van der Waals surface area contributed by atoms with Gasteiger partial charge in [0, 0.05) is 11.1 Å². The molecule has 0 bridgehead atoms. The van der Waals surface area contributed by atoms with E-state index in [-0.39, 0.29) is 5.75 Å². The second kappa shape index (κ2) is 3.61. The number of nitrogens with two attached hydrogens (primary N) is 1. The molecule has 0 saturated heterocycles. The molecule has 4 nitrogen and oxygen atoms in total. The molecule has 1 aromatic carbocycles. The minimum absolute atomic E-state index is 0.188. The standard InChI is InChI=1S/C10H10FN3O/c1-15-8-4-2-3-6(9(8)11)7-5-13-14-10(7)12/h2-5H,1H3,(H3,12,13,14). The molecule has 5 heteroatoms. The molecule has 0 amide bonds. The van der Waals surface area contributed by atoms with E-state index in [1.165, 1.54) is 13.3 Å². The van der Waals surface area contributed by atoms with Crippen LogP contribution >= 0.6 is 0 Å². The summed E-state index contributed by atoms with van der Waals surface area (Å²) in [7, 11) is 1.42. The fraction of sp³-hybridized carbons (Fsp3) is 0.100. The predicted molar refractivity (Wildman–Crippen MR) is 54.9 cm³/mol. The summed E-state index contributed by atoms with van der Waals surface area (Å²) in [4.78, 5) is 0. The summed E-state index contributed by atoms with van der Waals surface area (Å²) in [6.07, 6.45) is 1.48. The van der Waals surface area contributed by atoms with Crippen LogP contribution in [0.4, 0.5) is 10.2 Å². The highest BCUT2D eigenvalue weighted by Gasteiger charge is 2.13. The molecular formula is C10H10FN3O. The van der Waals surface area contributed by atoms with Gasteiger partial charge in [0.15, 0.2) is 11.6 Å². The number of methoxy groups -OCH3 is 1. The Morgan fingerprint density at radius 3 is 2.80 bits per heavy atom. The molecule has 0 aliphatic heterocycles. The van der Waals surface area contributed by atoms with Gasteiger partial charge in [0.05, 0.1) is 13.3 Å². The van der Waals surface area contributed by atoms with Gasteiger partial charge in [-0.15, -0.1) is 0 Å². The summed E-state index contributed by atoms with van der Waals surface area (Å²) in [5.41, 5.74) is 6.52. The highest BCUT2D eigenvalue weighted by molar-refractivity contribution is 5.74. The summed E-state index contributed by atoms with van der Waals surface area (Å²) in [6, 6.07) is 4.87. The molecule has 0 saturated carbocycles. The third-order valence-corrected chi connectivity index (χ3v) is 2.14. The third kappa shape index (κ3) is 1.52. The van der Waals surface area contributed by atoms with Crippen LogP contribution in [0.1, 0.15) is 0 Å². The quantitative estimate of drug-likeness (QED) is 0.789. The molecular weight excluding hydrogens is 197 g/mol. The van der Waals surface area contributed by atoms with Crippen LogP contribution in [0.5, 0.6) is 5.75 Å². The Hall–Kier alpha value is -2.04. The summed E-state index contributed by atoms with van der Waals surface area (Å²) in [5.74, 6) is 0.0864. The Bertz CT molecular complexity index is 481. The van der Waals surface area contributed by atoms with Gasteiger partial charge in [0.2, 0.25) is 0 Å². The van der Waals surface area contributed by atoms with Gasteiger partial charge >= 0.3 is 0 Å².